The van der Waals surface area contributed by atoms with Gasteiger partial charge in [0.25, 0.3) is 0 Å². The summed E-state index contributed by atoms with van der Waals surface area (Å²) in [5, 5.41) is 11.1. The van der Waals surface area contributed by atoms with Crippen molar-refractivity contribution in [1.29, 1.82) is 0 Å². The van der Waals surface area contributed by atoms with Crippen LogP contribution in [0.4, 0.5) is 5.13 Å². The van der Waals surface area contributed by atoms with Crippen molar-refractivity contribution in [1.82, 2.24) is 10.2 Å². The Hall–Kier alpha value is -0.420. The van der Waals surface area contributed by atoms with E-state index in [4.69, 9.17) is 12.2 Å². The van der Waals surface area contributed by atoms with Crippen LogP contribution in [0.3, 0.4) is 0 Å². The van der Waals surface area contributed by atoms with Crippen molar-refractivity contribution in [2.75, 3.05) is 11.9 Å². The molecule has 1 aromatic rings. The molecular weight excluding hydrogens is 226 g/mol. The summed E-state index contributed by atoms with van der Waals surface area (Å²) < 4.78 is 0.729. The van der Waals surface area contributed by atoms with Gasteiger partial charge < -0.3 is 5.32 Å². The molecule has 1 aliphatic rings. The van der Waals surface area contributed by atoms with E-state index in [1.807, 2.05) is 0 Å². The minimum Gasteiger partial charge on any atom is -0.360 e. The second-order valence-electron chi connectivity index (χ2n) is 5.30. The standard InChI is InChI=1S/C10H17N3S2/c1-9(2)6(10(9,3)4)5-11-7-12-13-8(14)15-7/h6H,5H2,1-4H3,(H,11,12)(H,13,14). The average molecular weight is 243 g/mol. The number of hydrogen-bond donors (Lipinski definition) is 2. The van der Waals surface area contributed by atoms with Gasteiger partial charge in [0.05, 0.1) is 0 Å². The molecule has 0 bridgehead atoms. The van der Waals surface area contributed by atoms with Gasteiger partial charge in [-0.3, -0.25) is 5.10 Å². The topological polar surface area (TPSA) is 40.7 Å². The minimum absolute atomic E-state index is 0.428. The van der Waals surface area contributed by atoms with Gasteiger partial charge >= 0.3 is 0 Å². The number of hydrogen-bond acceptors (Lipinski definition) is 4. The molecule has 0 atom stereocenters. The molecule has 15 heavy (non-hydrogen) atoms. The van der Waals surface area contributed by atoms with E-state index in [-0.39, 0.29) is 0 Å². The lowest BCUT2D eigenvalue weighted by atomic mass is 10.0. The fourth-order valence-electron chi connectivity index (χ4n) is 2.34. The summed E-state index contributed by atoms with van der Waals surface area (Å²) in [5.41, 5.74) is 0.857. The van der Waals surface area contributed by atoms with Crippen LogP contribution in [0.1, 0.15) is 27.7 Å². The smallest absolute Gasteiger partial charge is 0.204 e. The van der Waals surface area contributed by atoms with Crippen LogP contribution in [0.15, 0.2) is 0 Å². The van der Waals surface area contributed by atoms with Crippen LogP contribution in [-0.2, 0) is 0 Å². The number of aromatic amines is 1. The Morgan fingerprint density at radius 3 is 2.40 bits per heavy atom. The second-order valence-corrected chi connectivity index (χ2v) is 6.96. The fourth-order valence-corrected chi connectivity index (χ4v) is 3.13. The van der Waals surface area contributed by atoms with Crippen molar-refractivity contribution >= 4 is 28.7 Å². The Kier molecular flexibility index (Phi) is 2.43. The van der Waals surface area contributed by atoms with Crippen molar-refractivity contribution < 1.29 is 0 Å². The molecule has 84 valence electrons. The van der Waals surface area contributed by atoms with E-state index in [9.17, 15) is 0 Å². The van der Waals surface area contributed by atoms with Crippen molar-refractivity contribution in [3.8, 4) is 0 Å². The van der Waals surface area contributed by atoms with Gasteiger partial charge in [-0.1, -0.05) is 39.0 Å². The molecule has 1 aliphatic carbocycles. The van der Waals surface area contributed by atoms with Crippen LogP contribution >= 0.6 is 23.6 Å². The molecule has 1 saturated carbocycles. The highest BCUT2D eigenvalue weighted by Crippen LogP contribution is 2.68. The highest BCUT2D eigenvalue weighted by atomic mass is 32.1. The summed E-state index contributed by atoms with van der Waals surface area (Å²) in [7, 11) is 0. The zero-order chi connectivity index (χ0) is 11.3. The van der Waals surface area contributed by atoms with E-state index in [0.717, 1.165) is 15.6 Å². The number of rotatable bonds is 3. The first-order valence-electron chi connectivity index (χ1n) is 5.15. The van der Waals surface area contributed by atoms with Gasteiger partial charge in [0.1, 0.15) is 0 Å². The Balaban J connectivity index is 1.94. The first-order chi connectivity index (χ1) is 6.85. The lowest BCUT2D eigenvalue weighted by Crippen LogP contribution is -2.07. The quantitative estimate of drug-likeness (QED) is 0.800. The van der Waals surface area contributed by atoms with Crippen LogP contribution in [-0.4, -0.2) is 16.7 Å². The molecule has 0 saturated heterocycles. The fraction of sp³-hybridized carbons (Fsp3) is 0.800. The summed E-state index contributed by atoms with van der Waals surface area (Å²) in [6.07, 6.45) is 0. The molecule has 1 fully saturated rings. The maximum atomic E-state index is 4.98. The highest BCUT2D eigenvalue weighted by molar-refractivity contribution is 7.73. The van der Waals surface area contributed by atoms with Gasteiger partial charge in [-0.25, -0.2) is 0 Å². The molecule has 5 heteroatoms. The lowest BCUT2D eigenvalue weighted by Gasteiger charge is -2.04. The predicted molar refractivity (Wildman–Crippen MR) is 66.8 cm³/mol. The largest absolute Gasteiger partial charge is 0.360 e. The number of nitrogens with zero attached hydrogens (tertiary/aromatic N) is 1. The maximum absolute atomic E-state index is 4.98. The summed E-state index contributed by atoms with van der Waals surface area (Å²) >= 11 is 6.47. The third kappa shape index (κ3) is 1.72. The summed E-state index contributed by atoms with van der Waals surface area (Å²) in [6.45, 7) is 10.3. The molecule has 0 aliphatic heterocycles. The van der Waals surface area contributed by atoms with Gasteiger partial charge in [-0.2, -0.15) is 0 Å². The van der Waals surface area contributed by atoms with E-state index in [1.54, 1.807) is 0 Å². The van der Waals surface area contributed by atoms with Gasteiger partial charge in [0, 0.05) is 6.54 Å². The molecule has 3 nitrogen and oxygen atoms in total. The normalized spacial score (nSPS) is 22.7. The average Bonchev–Trinajstić information content (AvgIpc) is 2.50. The van der Waals surface area contributed by atoms with Crippen molar-refractivity contribution in [2.45, 2.75) is 27.7 Å². The summed E-state index contributed by atoms with van der Waals surface area (Å²) in [4.78, 5) is 0. The van der Waals surface area contributed by atoms with E-state index < -0.39 is 0 Å². The first kappa shape index (κ1) is 11.1. The van der Waals surface area contributed by atoms with Gasteiger partial charge in [-0.15, -0.1) is 5.10 Å². The molecule has 1 aromatic heterocycles. The molecule has 0 unspecified atom stereocenters. The van der Waals surface area contributed by atoms with E-state index in [2.05, 4.69) is 43.2 Å². The molecule has 0 amide bonds. The van der Waals surface area contributed by atoms with Gasteiger partial charge in [0.2, 0.25) is 5.13 Å². The number of H-pyrrole nitrogens is 1. The Morgan fingerprint density at radius 2 is 2.00 bits per heavy atom. The van der Waals surface area contributed by atoms with Crippen LogP contribution in [0.25, 0.3) is 0 Å². The molecular formula is C10H17N3S2. The molecule has 2 N–H and O–H groups in total. The van der Waals surface area contributed by atoms with Crippen molar-refractivity contribution in [3.63, 3.8) is 0 Å². The highest BCUT2D eigenvalue weighted by Gasteiger charge is 2.64. The van der Waals surface area contributed by atoms with E-state index in [0.29, 0.717) is 16.7 Å². The molecule has 0 aromatic carbocycles. The first-order valence-corrected chi connectivity index (χ1v) is 6.37. The van der Waals surface area contributed by atoms with Gasteiger partial charge in [0.15, 0.2) is 3.95 Å². The third-order valence-corrected chi connectivity index (χ3v) is 5.26. The summed E-state index contributed by atoms with van der Waals surface area (Å²) in [5.74, 6) is 0.711. The molecule has 0 radical (unpaired) electrons. The molecule has 2 rings (SSSR count). The third-order valence-electron chi connectivity index (χ3n) is 4.22. The molecule has 1 heterocycles. The zero-order valence-electron chi connectivity index (χ0n) is 9.55. The maximum Gasteiger partial charge on any atom is 0.204 e. The summed E-state index contributed by atoms with van der Waals surface area (Å²) in [6, 6.07) is 0. The van der Waals surface area contributed by atoms with Crippen molar-refractivity contribution in [3.05, 3.63) is 3.95 Å². The number of nitrogens with one attached hydrogen (secondary N) is 2. The van der Waals surface area contributed by atoms with E-state index in [1.165, 1.54) is 11.3 Å². The van der Waals surface area contributed by atoms with Crippen LogP contribution in [0.5, 0.6) is 0 Å². The van der Waals surface area contributed by atoms with Crippen LogP contribution in [0.2, 0.25) is 0 Å². The second kappa shape index (κ2) is 3.28. The Morgan fingerprint density at radius 1 is 1.40 bits per heavy atom. The minimum atomic E-state index is 0.428. The monoisotopic (exact) mass is 243 g/mol. The van der Waals surface area contributed by atoms with Crippen LogP contribution in [0, 0.1) is 20.7 Å². The Labute approximate surface area is 99.3 Å². The predicted octanol–water partition coefficient (Wildman–Crippen LogP) is 3.29. The SMILES string of the molecule is CC1(C)C(CNc2n[nH]c(=S)s2)C1(C)C. The van der Waals surface area contributed by atoms with Crippen molar-refractivity contribution in [2.24, 2.45) is 16.7 Å². The lowest BCUT2D eigenvalue weighted by molar-refractivity contribution is 0.457. The Bertz CT molecular complexity index is 402. The number of anilines is 1. The molecule has 0 spiro atoms. The van der Waals surface area contributed by atoms with E-state index >= 15 is 0 Å². The van der Waals surface area contributed by atoms with Crippen LogP contribution < -0.4 is 5.32 Å². The zero-order valence-corrected chi connectivity index (χ0v) is 11.2. The van der Waals surface area contributed by atoms with Gasteiger partial charge in [-0.05, 0) is 29.0 Å². The number of aromatic nitrogens is 2.